The van der Waals surface area contributed by atoms with E-state index in [2.05, 4.69) is 15.7 Å². The Morgan fingerprint density at radius 2 is 2.17 bits per heavy atom. The molecule has 1 aliphatic rings. The highest BCUT2D eigenvalue weighted by molar-refractivity contribution is 5.75. The Labute approximate surface area is 132 Å². The minimum Gasteiger partial charge on any atom is -0.384 e. The number of amides is 1. The van der Waals surface area contributed by atoms with Crippen LogP contribution in [0.25, 0.3) is 0 Å². The lowest BCUT2D eigenvalue weighted by molar-refractivity contribution is -0.141. The summed E-state index contributed by atoms with van der Waals surface area (Å²) in [6.45, 7) is 2.45. The van der Waals surface area contributed by atoms with Crippen molar-refractivity contribution in [2.75, 3.05) is 33.4 Å². The average Bonchev–Trinajstić information content (AvgIpc) is 2.95. The minimum absolute atomic E-state index is 0.128. The SMILES string of the molecule is COCC1(CNC(=O)Cn2ccc(C(F)(F)F)n2)CCNCC1. The number of hydrogen-bond acceptors (Lipinski definition) is 4. The largest absolute Gasteiger partial charge is 0.435 e. The van der Waals surface area contributed by atoms with E-state index in [1.165, 1.54) is 0 Å². The second-order valence-corrected chi connectivity index (χ2v) is 5.86. The highest BCUT2D eigenvalue weighted by Crippen LogP contribution is 2.28. The van der Waals surface area contributed by atoms with Gasteiger partial charge >= 0.3 is 6.18 Å². The van der Waals surface area contributed by atoms with Crippen molar-refractivity contribution in [3.05, 3.63) is 18.0 Å². The summed E-state index contributed by atoms with van der Waals surface area (Å²) in [5.74, 6) is -0.365. The zero-order valence-corrected chi connectivity index (χ0v) is 12.9. The molecule has 1 saturated heterocycles. The normalized spacial score (nSPS) is 17.9. The fourth-order valence-electron chi connectivity index (χ4n) is 2.73. The Kier molecular flexibility index (Phi) is 5.64. The summed E-state index contributed by atoms with van der Waals surface area (Å²) in [5, 5.41) is 9.41. The van der Waals surface area contributed by atoms with E-state index in [0.717, 1.165) is 42.9 Å². The Morgan fingerprint density at radius 1 is 1.48 bits per heavy atom. The van der Waals surface area contributed by atoms with Crippen molar-refractivity contribution in [2.45, 2.75) is 25.6 Å². The van der Waals surface area contributed by atoms with Crippen LogP contribution in [0.3, 0.4) is 0 Å². The van der Waals surface area contributed by atoms with Gasteiger partial charge in [0.05, 0.1) is 6.61 Å². The molecule has 1 aromatic rings. The van der Waals surface area contributed by atoms with Crippen molar-refractivity contribution in [1.29, 1.82) is 0 Å². The van der Waals surface area contributed by atoms with Crippen molar-refractivity contribution in [1.82, 2.24) is 20.4 Å². The Hall–Kier alpha value is -1.61. The molecule has 0 aliphatic carbocycles. The van der Waals surface area contributed by atoms with Gasteiger partial charge in [0.1, 0.15) is 6.54 Å². The maximum absolute atomic E-state index is 12.5. The maximum atomic E-state index is 12.5. The van der Waals surface area contributed by atoms with Gasteiger partial charge in [-0.3, -0.25) is 9.48 Å². The molecule has 1 aliphatic heterocycles. The molecule has 0 bridgehead atoms. The fraction of sp³-hybridized carbons (Fsp3) is 0.714. The third-order valence-corrected chi connectivity index (χ3v) is 4.01. The standard InChI is InChI=1S/C14H21F3N4O2/c1-23-10-13(3-5-18-6-4-13)9-19-12(22)8-21-7-2-11(20-21)14(15,16)17/h2,7,18H,3-6,8-10H2,1H3,(H,19,22). The molecule has 1 fully saturated rings. The number of nitrogens with one attached hydrogen (secondary N) is 2. The highest BCUT2D eigenvalue weighted by atomic mass is 19.4. The van der Waals surface area contributed by atoms with Crippen molar-refractivity contribution in [3.8, 4) is 0 Å². The molecule has 2 N–H and O–H groups in total. The van der Waals surface area contributed by atoms with Gasteiger partial charge < -0.3 is 15.4 Å². The molecule has 1 aromatic heterocycles. The average molecular weight is 334 g/mol. The lowest BCUT2D eigenvalue weighted by Crippen LogP contribution is -2.47. The summed E-state index contributed by atoms with van der Waals surface area (Å²) < 4.78 is 43.6. The van der Waals surface area contributed by atoms with E-state index in [9.17, 15) is 18.0 Å². The Bertz CT molecular complexity index is 519. The monoisotopic (exact) mass is 334 g/mol. The molecular formula is C14H21F3N4O2. The first kappa shape index (κ1) is 17.7. The van der Waals surface area contributed by atoms with Crippen LogP contribution in [0.4, 0.5) is 13.2 Å². The molecular weight excluding hydrogens is 313 g/mol. The topological polar surface area (TPSA) is 68.2 Å². The number of alkyl halides is 3. The number of halogens is 3. The van der Waals surface area contributed by atoms with E-state index in [1.54, 1.807) is 7.11 Å². The smallest absolute Gasteiger partial charge is 0.384 e. The zero-order valence-electron chi connectivity index (χ0n) is 12.9. The van der Waals surface area contributed by atoms with Gasteiger partial charge in [0.25, 0.3) is 0 Å². The van der Waals surface area contributed by atoms with Gasteiger partial charge in [0.2, 0.25) is 5.91 Å². The van der Waals surface area contributed by atoms with E-state index < -0.39 is 11.9 Å². The van der Waals surface area contributed by atoms with Crippen molar-refractivity contribution >= 4 is 5.91 Å². The summed E-state index contributed by atoms with van der Waals surface area (Å²) in [6.07, 6.45) is -1.60. The molecule has 2 rings (SSSR count). The number of hydrogen-bond donors (Lipinski definition) is 2. The minimum atomic E-state index is -4.50. The van der Waals surface area contributed by atoms with E-state index in [0.29, 0.717) is 13.2 Å². The van der Waals surface area contributed by atoms with E-state index >= 15 is 0 Å². The number of piperidine rings is 1. The fourth-order valence-corrected chi connectivity index (χ4v) is 2.73. The number of rotatable bonds is 6. The lowest BCUT2D eigenvalue weighted by Gasteiger charge is -2.37. The molecule has 0 unspecified atom stereocenters. The third-order valence-electron chi connectivity index (χ3n) is 4.01. The van der Waals surface area contributed by atoms with Crippen LogP contribution in [0.5, 0.6) is 0 Å². The molecule has 0 aromatic carbocycles. The number of nitrogens with zero attached hydrogens (tertiary/aromatic N) is 2. The second kappa shape index (κ2) is 7.31. The van der Waals surface area contributed by atoms with Crippen LogP contribution in [0.2, 0.25) is 0 Å². The molecule has 2 heterocycles. The van der Waals surface area contributed by atoms with Crippen LogP contribution in [-0.2, 0) is 22.3 Å². The van der Waals surface area contributed by atoms with Gasteiger partial charge in [-0.1, -0.05) is 0 Å². The van der Waals surface area contributed by atoms with Crippen molar-refractivity contribution in [3.63, 3.8) is 0 Å². The van der Waals surface area contributed by atoms with Crippen LogP contribution < -0.4 is 10.6 Å². The van der Waals surface area contributed by atoms with Crippen LogP contribution in [0.15, 0.2) is 12.3 Å². The maximum Gasteiger partial charge on any atom is 0.435 e. The summed E-state index contributed by atoms with van der Waals surface area (Å²) in [5.41, 5.74) is -1.13. The number of carbonyl (C=O) groups is 1. The summed E-state index contributed by atoms with van der Waals surface area (Å²) in [7, 11) is 1.62. The van der Waals surface area contributed by atoms with E-state index in [1.807, 2.05) is 0 Å². The number of ether oxygens (including phenoxy) is 1. The summed E-state index contributed by atoms with van der Waals surface area (Å²) in [4.78, 5) is 12.0. The molecule has 0 saturated carbocycles. The first-order chi connectivity index (χ1) is 10.8. The molecule has 9 heteroatoms. The van der Waals surface area contributed by atoms with Gasteiger partial charge in [-0.05, 0) is 32.0 Å². The van der Waals surface area contributed by atoms with Crippen LogP contribution in [0, 0.1) is 5.41 Å². The lowest BCUT2D eigenvalue weighted by atomic mass is 9.79. The quantitative estimate of drug-likeness (QED) is 0.816. The molecule has 1 amide bonds. The first-order valence-electron chi connectivity index (χ1n) is 7.42. The molecule has 0 spiro atoms. The van der Waals surface area contributed by atoms with Gasteiger partial charge in [-0.25, -0.2) is 0 Å². The molecule has 0 atom stereocenters. The molecule has 6 nitrogen and oxygen atoms in total. The molecule has 23 heavy (non-hydrogen) atoms. The summed E-state index contributed by atoms with van der Waals surface area (Å²) in [6, 6.07) is 0.854. The van der Waals surface area contributed by atoms with Gasteiger partial charge in [-0.15, -0.1) is 0 Å². The Balaban J connectivity index is 1.87. The Morgan fingerprint density at radius 3 is 2.74 bits per heavy atom. The molecule has 0 radical (unpaired) electrons. The number of carbonyl (C=O) groups excluding carboxylic acids is 1. The first-order valence-corrected chi connectivity index (χ1v) is 7.42. The third kappa shape index (κ3) is 4.93. The van der Waals surface area contributed by atoms with Crippen molar-refractivity contribution < 1.29 is 22.7 Å². The van der Waals surface area contributed by atoms with E-state index in [-0.39, 0.29) is 17.9 Å². The predicted molar refractivity (Wildman–Crippen MR) is 76.7 cm³/mol. The van der Waals surface area contributed by atoms with Gasteiger partial charge in [0.15, 0.2) is 5.69 Å². The van der Waals surface area contributed by atoms with E-state index in [4.69, 9.17) is 4.74 Å². The summed E-state index contributed by atoms with van der Waals surface area (Å²) >= 11 is 0. The van der Waals surface area contributed by atoms with Gasteiger partial charge in [-0.2, -0.15) is 18.3 Å². The second-order valence-electron chi connectivity index (χ2n) is 5.86. The van der Waals surface area contributed by atoms with Gasteiger partial charge in [0, 0.05) is 25.3 Å². The van der Waals surface area contributed by atoms with Crippen LogP contribution in [0.1, 0.15) is 18.5 Å². The highest BCUT2D eigenvalue weighted by Gasteiger charge is 2.34. The predicted octanol–water partition coefficient (Wildman–Crippen LogP) is 1.03. The number of aromatic nitrogens is 2. The van der Waals surface area contributed by atoms with Crippen LogP contribution >= 0.6 is 0 Å². The number of methoxy groups -OCH3 is 1. The molecule has 130 valence electrons. The van der Waals surface area contributed by atoms with Crippen LogP contribution in [-0.4, -0.2) is 49.0 Å². The van der Waals surface area contributed by atoms with Crippen molar-refractivity contribution in [2.24, 2.45) is 5.41 Å². The zero-order chi connectivity index (χ0) is 16.9.